The minimum absolute atomic E-state index is 0.812. The summed E-state index contributed by atoms with van der Waals surface area (Å²) in [5, 5.41) is 5.57. The van der Waals surface area contributed by atoms with Crippen LogP contribution in [0.25, 0.3) is 28.0 Å². The number of aromatic nitrogens is 4. The van der Waals surface area contributed by atoms with Crippen molar-refractivity contribution in [3.8, 4) is 17.1 Å². The Hall–Kier alpha value is -3.34. The molecule has 0 amide bonds. The van der Waals surface area contributed by atoms with Gasteiger partial charge in [0.1, 0.15) is 0 Å². The second kappa shape index (κ2) is 6.28. The van der Waals surface area contributed by atoms with Crippen molar-refractivity contribution in [3.05, 3.63) is 72.2 Å². The molecule has 3 aromatic heterocycles. The predicted molar refractivity (Wildman–Crippen MR) is 100 cm³/mol. The molecule has 0 aliphatic carbocycles. The van der Waals surface area contributed by atoms with Crippen LogP contribution in [0.5, 0.6) is 0 Å². The van der Waals surface area contributed by atoms with Crippen LogP contribution in [0.15, 0.2) is 65.9 Å². The first-order valence-corrected chi connectivity index (χ1v) is 8.05. The van der Waals surface area contributed by atoms with Crippen molar-refractivity contribution >= 4 is 17.1 Å². The molecule has 3 heterocycles. The van der Waals surface area contributed by atoms with E-state index in [0.29, 0.717) is 0 Å². The number of hydrogen-bond donors (Lipinski definition) is 0. The topological polar surface area (TPSA) is 56.0 Å². The third kappa shape index (κ3) is 2.92. The van der Waals surface area contributed by atoms with Gasteiger partial charge in [-0.2, -0.15) is 5.10 Å². The first-order valence-electron chi connectivity index (χ1n) is 8.05. The molecule has 0 aliphatic heterocycles. The van der Waals surface area contributed by atoms with Crippen molar-refractivity contribution < 1.29 is 0 Å². The zero-order valence-corrected chi connectivity index (χ0v) is 14.1. The minimum Gasteiger partial charge on any atom is -0.296 e. The Morgan fingerprint density at radius 3 is 2.84 bits per heavy atom. The number of nitrogens with zero attached hydrogens (tertiary/aromatic N) is 5. The molecule has 0 saturated heterocycles. The van der Waals surface area contributed by atoms with E-state index in [1.807, 2.05) is 54.3 Å². The number of fused-ring (bicyclic) bond motifs is 1. The van der Waals surface area contributed by atoms with Gasteiger partial charge in [0.25, 0.3) is 0 Å². The molecule has 0 atom stereocenters. The SMILES string of the molecule is CN=Cc1ccnc(-c2ccc3cnn(-c4cccc(C)n4)c3c2)c1. The summed E-state index contributed by atoms with van der Waals surface area (Å²) in [7, 11) is 1.76. The molecule has 0 spiro atoms. The Kier molecular flexibility index (Phi) is 3.82. The molecule has 0 N–H and O–H groups in total. The Bertz CT molecular complexity index is 1080. The van der Waals surface area contributed by atoms with Gasteiger partial charge < -0.3 is 0 Å². The van der Waals surface area contributed by atoms with E-state index >= 15 is 0 Å². The maximum Gasteiger partial charge on any atom is 0.154 e. The van der Waals surface area contributed by atoms with E-state index in [0.717, 1.165) is 39.2 Å². The molecule has 5 nitrogen and oxygen atoms in total. The molecule has 1 aromatic carbocycles. The lowest BCUT2D eigenvalue weighted by Gasteiger charge is -2.06. The van der Waals surface area contributed by atoms with E-state index in [4.69, 9.17) is 0 Å². The zero-order valence-electron chi connectivity index (χ0n) is 14.1. The summed E-state index contributed by atoms with van der Waals surface area (Å²) in [5.41, 5.74) is 4.94. The summed E-state index contributed by atoms with van der Waals surface area (Å²) in [6.07, 6.45) is 5.48. The van der Waals surface area contributed by atoms with Gasteiger partial charge in [0.15, 0.2) is 5.82 Å². The fraction of sp³-hybridized carbons (Fsp3) is 0.100. The lowest BCUT2D eigenvalue weighted by Crippen LogP contribution is -2.00. The maximum atomic E-state index is 4.57. The van der Waals surface area contributed by atoms with Gasteiger partial charge in [-0.1, -0.05) is 18.2 Å². The number of aryl methyl sites for hydroxylation is 1. The molecule has 0 fully saturated rings. The minimum atomic E-state index is 0.812. The lowest BCUT2D eigenvalue weighted by molar-refractivity contribution is 0.867. The van der Waals surface area contributed by atoms with E-state index in [1.54, 1.807) is 13.2 Å². The largest absolute Gasteiger partial charge is 0.296 e. The van der Waals surface area contributed by atoms with Crippen LogP contribution in [0.2, 0.25) is 0 Å². The molecule has 0 radical (unpaired) electrons. The van der Waals surface area contributed by atoms with Gasteiger partial charge in [-0.05, 0) is 42.8 Å². The molecule has 5 heteroatoms. The van der Waals surface area contributed by atoms with Crippen molar-refractivity contribution in [1.82, 2.24) is 19.7 Å². The van der Waals surface area contributed by atoms with Crippen molar-refractivity contribution in [2.75, 3.05) is 7.05 Å². The van der Waals surface area contributed by atoms with Gasteiger partial charge in [0, 0.05) is 36.1 Å². The Morgan fingerprint density at radius 1 is 1.08 bits per heavy atom. The highest BCUT2D eigenvalue weighted by Crippen LogP contribution is 2.25. The number of pyridine rings is 2. The fourth-order valence-corrected chi connectivity index (χ4v) is 2.84. The van der Waals surface area contributed by atoms with Gasteiger partial charge in [0.05, 0.1) is 17.4 Å². The smallest absolute Gasteiger partial charge is 0.154 e. The van der Waals surface area contributed by atoms with Crippen LogP contribution >= 0.6 is 0 Å². The Labute approximate surface area is 145 Å². The first-order chi connectivity index (χ1) is 12.2. The van der Waals surface area contributed by atoms with E-state index in [9.17, 15) is 0 Å². The molecule has 0 unspecified atom stereocenters. The van der Waals surface area contributed by atoms with E-state index < -0.39 is 0 Å². The molecule has 0 aliphatic rings. The lowest BCUT2D eigenvalue weighted by atomic mass is 10.1. The van der Waals surface area contributed by atoms with Crippen LogP contribution in [0.3, 0.4) is 0 Å². The Morgan fingerprint density at radius 2 is 2.00 bits per heavy atom. The normalized spacial score (nSPS) is 11.4. The number of hydrogen-bond acceptors (Lipinski definition) is 4. The van der Waals surface area contributed by atoms with Crippen LogP contribution in [0.1, 0.15) is 11.3 Å². The van der Waals surface area contributed by atoms with Crippen molar-refractivity contribution in [2.45, 2.75) is 6.92 Å². The molecule has 0 bridgehead atoms. The van der Waals surface area contributed by atoms with E-state index in [1.165, 1.54) is 0 Å². The van der Waals surface area contributed by atoms with Crippen LogP contribution in [-0.4, -0.2) is 33.0 Å². The molecule has 25 heavy (non-hydrogen) atoms. The van der Waals surface area contributed by atoms with Crippen LogP contribution in [0, 0.1) is 6.92 Å². The highest BCUT2D eigenvalue weighted by Gasteiger charge is 2.09. The molecular formula is C20H17N5. The maximum absolute atomic E-state index is 4.57. The average Bonchev–Trinajstić information content (AvgIpc) is 3.05. The van der Waals surface area contributed by atoms with E-state index in [-0.39, 0.29) is 0 Å². The van der Waals surface area contributed by atoms with Gasteiger partial charge in [-0.25, -0.2) is 9.67 Å². The number of rotatable bonds is 3. The standard InChI is InChI=1S/C20H17N5/c1-14-4-3-5-20(24-14)25-19-11-16(6-7-17(19)13-23-25)18-10-15(12-21-2)8-9-22-18/h3-13H,1-2H3. The number of benzene rings is 1. The second-order valence-corrected chi connectivity index (χ2v) is 5.83. The van der Waals surface area contributed by atoms with Gasteiger partial charge in [-0.3, -0.25) is 9.98 Å². The van der Waals surface area contributed by atoms with Crippen molar-refractivity contribution in [1.29, 1.82) is 0 Å². The van der Waals surface area contributed by atoms with Crippen LogP contribution in [-0.2, 0) is 0 Å². The first kappa shape index (κ1) is 15.2. The van der Waals surface area contributed by atoms with Crippen molar-refractivity contribution in [2.24, 2.45) is 4.99 Å². The molecule has 4 aromatic rings. The van der Waals surface area contributed by atoms with Crippen LogP contribution in [0.4, 0.5) is 0 Å². The van der Waals surface area contributed by atoms with Gasteiger partial charge in [0.2, 0.25) is 0 Å². The second-order valence-electron chi connectivity index (χ2n) is 5.83. The summed E-state index contributed by atoms with van der Waals surface area (Å²) in [5.74, 6) is 0.812. The summed E-state index contributed by atoms with van der Waals surface area (Å²) < 4.78 is 1.86. The molecular weight excluding hydrogens is 310 g/mol. The zero-order chi connectivity index (χ0) is 17.2. The number of aliphatic imine (C=N–C) groups is 1. The summed E-state index contributed by atoms with van der Waals surface area (Å²) in [6, 6.07) is 16.1. The molecule has 122 valence electrons. The quantitative estimate of drug-likeness (QED) is 0.537. The Balaban J connectivity index is 1.85. The van der Waals surface area contributed by atoms with Crippen LogP contribution < -0.4 is 0 Å². The van der Waals surface area contributed by atoms with Crippen molar-refractivity contribution in [3.63, 3.8) is 0 Å². The summed E-state index contributed by atoms with van der Waals surface area (Å²) >= 11 is 0. The molecule has 0 saturated carbocycles. The summed E-state index contributed by atoms with van der Waals surface area (Å²) in [4.78, 5) is 13.1. The molecule has 4 rings (SSSR count). The fourth-order valence-electron chi connectivity index (χ4n) is 2.84. The highest BCUT2D eigenvalue weighted by atomic mass is 15.3. The average molecular weight is 327 g/mol. The van der Waals surface area contributed by atoms with Gasteiger partial charge >= 0.3 is 0 Å². The third-order valence-electron chi connectivity index (χ3n) is 4.02. The van der Waals surface area contributed by atoms with Gasteiger partial charge in [-0.15, -0.1) is 0 Å². The summed E-state index contributed by atoms with van der Waals surface area (Å²) in [6.45, 7) is 1.98. The highest BCUT2D eigenvalue weighted by molar-refractivity contribution is 5.86. The predicted octanol–water partition coefficient (Wildman–Crippen LogP) is 3.84. The monoisotopic (exact) mass is 327 g/mol. The van der Waals surface area contributed by atoms with E-state index in [2.05, 4.69) is 38.3 Å². The third-order valence-corrected chi connectivity index (χ3v) is 4.02.